The smallest absolute Gasteiger partial charge is 0.243 e. The molecule has 0 aromatic carbocycles. The van der Waals surface area contributed by atoms with Crippen LogP contribution in [0.4, 0.5) is 5.69 Å². The average Bonchev–Trinajstić information content (AvgIpc) is 2.77. The monoisotopic (exact) mass is 277 g/mol. The Bertz CT molecular complexity index is 598. The summed E-state index contributed by atoms with van der Waals surface area (Å²) in [5, 5.41) is 8.00. The molecule has 4 rings (SSSR count). The summed E-state index contributed by atoms with van der Waals surface area (Å²) in [6, 6.07) is 4.10. The van der Waals surface area contributed by atoms with Gasteiger partial charge in [0.1, 0.15) is 0 Å². The molecule has 5 nitrogen and oxygen atoms in total. The topological polar surface area (TPSA) is 45.5 Å². The Balaban J connectivity index is 1.66. The molecule has 0 spiro atoms. The number of halogens is 1. The second kappa shape index (κ2) is 4.35. The quantitative estimate of drug-likeness (QED) is 0.857. The van der Waals surface area contributed by atoms with Gasteiger partial charge in [-0.15, -0.1) is 5.10 Å². The lowest BCUT2D eigenvalue weighted by atomic mass is 9.86. The summed E-state index contributed by atoms with van der Waals surface area (Å²) in [5.74, 6) is 1.53. The first kappa shape index (κ1) is 11.5. The predicted octanol–water partition coefficient (Wildman–Crippen LogP) is 1.43. The SMILES string of the molecule is Clc1nc2ccc(N3CC4CNCC(C4)C3)cn2n1. The molecule has 2 fully saturated rings. The summed E-state index contributed by atoms with van der Waals surface area (Å²) in [6.07, 6.45) is 3.39. The van der Waals surface area contributed by atoms with Crippen LogP contribution < -0.4 is 10.2 Å². The number of hydrogen-bond acceptors (Lipinski definition) is 4. The Hall–Kier alpha value is -1.33. The van der Waals surface area contributed by atoms with Gasteiger partial charge in [-0.1, -0.05) is 0 Å². The van der Waals surface area contributed by atoms with Crippen LogP contribution in [0.1, 0.15) is 6.42 Å². The number of fused-ring (bicyclic) bond motifs is 3. The van der Waals surface area contributed by atoms with E-state index in [0.717, 1.165) is 43.7 Å². The van der Waals surface area contributed by atoms with Crippen molar-refractivity contribution in [2.24, 2.45) is 11.8 Å². The van der Waals surface area contributed by atoms with Crippen LogP contribution in [0.3, 0.4) is 0 Å². The van der Waals surface area contributed by atoms with Crippen LogP contribution in [0.15, 0.2) is 18.3 Å². The fourth-order valence-electron chi connectivity index (χ4n) is 3.35. The van der Waals surface area contributed by atoms with E-state index in [4.69, 9.17) is 11.6 Å². The van der Waals surface area contributed by atoms with Crippen LogP contribution in [-0.4, -0.2) is 40.8 Å². The van der Waals surface area contributed by atoms with Gasteiger partial charge in [0.2, 0.25) is 5.28 Å². The molecule has 2 atom stereocenters. The number of anilines is 1. The first-order chi connectivity index (χ1) is 9.28. The molecule has 0 saturated carbocycles. The second-order valence-electron chi connectivity index (χ2n) is 5.60. The molecule has 0 amide bonds. The van der Waals surface area contributed by atoms with Crippen molar-refractivity contribution in [3.63, 3.8) is 0 Å². The van der Waals surface area contributed by atoms with Gasteiger partial charge < -0.3 is 10.2 Å². The van der Waals surface area contributed by atoms with Crippen molar-refractivity contribution in [3.8, 4) is 0 Å². The van der Waals surface area contributed by atoms with E-state index in [9.17, 15) is 0 Å². The van der Waals surface area contributed by atoms with Crippen LogP contribution in [0.25, 0.3) is 5.65 Å². The van der Waals surface area contributed by atoms with Crippen LogP contribution in [0, 0.1) is 11.8 Å². The molecule has 4 heterocycles. The molecule has 2 aliphatic rings. The molecule has 2 aliphatic heterocycles. The molecule has 2 aromatic heterocycles. The largest absolute Gasteiger partial charge is 0.370 e. The molecule has 2 unspecified atom stereocenters. The summed E-state index contributed by atoms with van der Waals surface area (Å²) in [4.78, 5) is 6.61. The molecule has 0 aliphatic carbocycles. The molecular formula is C13H16ClN5. The normalized spacial score (nSPS) is 26.9. The van der Waals surface area contributed by atoms with Crippen molar-refractivity contribution in [1.82, 2.24) is 19.9 Å². The average molecular weight is 278 g/mol. The minimum Gasteiger partial charge on any atom is -0.370 e. The molecular weight excluding hydrogens is 262 g/mol. The van der Waals surface area contributed by atoms with Crippen LogP contribution in [0.2, 0.25) is 5.28 Å². The summed E-state index contributed by atoms with van der Waals surface area (Å²) in [5.41, 5.74) is 2.01. The van der Waals surface area contributed by atoms with E-state index in [1.54, 1.807) is 4.52 Å². The van der Waals surface area contributed by atoms with E-state index in [0.29, 0.717) is 5.28 Å². The Morgan fingerprint density at radius 1 is 1.21 bits per heavy atom. The molecule has 2 saturated heterocycles. The third-order valence-electron chi connectivity index (χ3n) is 4.14. The van der Waals surface area contributed by atoms with E-state index in [-0.39, 0.29) is 0 Å². The summed E-state index contributed by atoms with van der Waals surface area (Å²) in [7, 11) is 0. The zero-order valence-corrected chi connectivity index (χ0v) is 11.3. The molecule has 2 aromatic rings. The number of piperidine rings is 2. The van der Waals surface area contributed by atoms with E-state index in [1.807, 2.05) is 12.3 Å². The molecule has 0 radical (unpaired) electrons. The van der Waals surface area contributed by atoms with Gasteiger partial charge in [0.25, 0.3) is 0 Å². The van der Waals surface area contributed by atoms with E-state index < -0.39 is 0 Å². The van der Waals surface area contributed by atoms with Gasteiger partial charge in [-0.3, -0.25) is 0 Å². The maximum atomic E-state index is 5.83. The van der Waals surface area contributed by atoms with Crippen molar-refractivity contribution < 1.29 is 0 Å². The first-order valence-corrected chi connectivity index (χ1v) is 7.13. The van der Waals surface area contributed by atoms with Gasteiger partial charge in [-0.05, 0) is 55.1 Å². The van der Waals surface area contributed by atoms with Crippen molar-refractivity contribution in [2.45, 2.75) is 6.42 Å². The number of nitrogens with one attached hydrogen (secondary N) is 1. The first-order valence-electron chi connectivity index (χ1n) is 6.75. The number of nitrogens with zero attached hydrogens (tertiary/aromatic N) is 4. The minimum absolute atomic E-state index is 0.303. The Kier molecular flexibility index (Phi) is 2.63. The van der Waals surface area contributed by atoms with Gasteiger partial charge in [0.05, 0.1) is 11.9 Å². The summed E-state index contributed by atoms with van der Waals surface area (Å²) >= 11 is 5.83. The lowest BCUT2D eigenvalue weighted by molar-refractivity contribution is 0.249. The van der Waals surface area contributed by atoms with Crippen molar-refractivity contribution in [2.75, 3.05) is 31.1 Å². The number of pyridine rings is 1. The lowest BCUT2D eigenvalue weighted by Gasteiger charge is -2.42. The van der Waals surface area contributed by atoms with Crippen LogP contribution >= 0.6 is 11.6 Å². The standard InChI is InChI=1S/C13H16ClN5/c14-13-16-12-2-1-11(8-19(12)17-13)18-6-9-3-10(7-18)5-15-4-9/h1-2,8-10,15H,3-7H2. The zero-order chi connectivity index (χ0) is 12.8. The number of aromatic nitrogens is 3. The van der Waals surface area contributed by atoms with Gasteiger partial charge in [0.15, 0.2) is 5.65 Å². The third-order valence-corrected chi connectivity index (χ3v) is 4.30. The third kappa shape index (κ3) is 2.07. The summed E-state index contributed by atoms with van der Waals surface area (Å²) in [6.45, 7) is 4.53. The van der Waals surface area contributed by atoms with Crippen molar-refractivity contribution in [1.29, 1.82) is 0 Å². The van der Waals surface area contributed by atoms with Crippen molar-refractivity contribution >= 4 is 22.9 Å². The highest BCUT2D eigenvalue weighted by Gasteiger charge is 2.30. The van der Waals surface area contributed by atoms with E-state index in [2.05, 4.69) is 26.4 Å². The molecule has 100 valence electrons. The van der Waals surface area contributed by atoms with Crippen LogP contribution in [0.5, 0.6) is 0 Å². The number of rotatable bonds is 1. The van der Waals surface area contributed by atoms with Gasteiger partial charge in [-0.25, -0.2) is 4.52 Å². The zero-order valence-electron chi connectivity index (χ0n) is 10.6. The van der Waals surface area contributed by atoms with E-state index in [1.165, 1.54) is 12.1 Å². The molecule has 1 N–H and O–H groups in total. The minimum atomic E-state index is 0.303. The molecule has 6 heteroatoms. The van der Waals surface area contributed by atoms with Crippen LogP contribution in [-0.2, 0) is 0 Å². The highest BCUT2D eigenvalue weighted by Crippen LogP contribution is 2.28. The molecule has 2 bridgehead atoms. The Morgan fingerprint density at radius 2 is 2.00 bits per heavy atom. The van der Waals surface area contributed by atoms with Gasteiger partial charge in [-0.2, -0.15) is 4.98 Å². The fraction of sp³-hybridized carbons (Fsp3) is 0.538. The maximum Gasteiger partial charge on any atom is 0.243 e. The highest BCUT2D eigenvalue weighted by atomic mass is 35.5. The number of hydrogen-bond donors (Lipinski definition) is 1. The molecule has 19 heavy (non-hydrogen) atoms. The van der Waals surface area contributed by atoms with E-state index >= 15 is 0 Å². The van der Waals surface area contributed by atoms with Crippen molar-refractivity contribution in [3.05, 3.63) is 23.6 Å². The lowest BCUT2D eigenvalue weighted by Crippen LogP contribution is -2.51. The summed E-state index contributed by atoms with van der Waals surface area (Å²) < 4.78 is 1.76. The van der Waals surface area contributed by atoms with Gasteiger partial charge >= 0.3 is 0 Å². The highest BCUT2D eigenvalue weighted by molar-refractivity contribution is 6.28. The Morgan fingerprint density at radius 3 is 2.79 bits per heavy atom. The second-order valence-corrected chi connectivity index (χ2v) is 5.94. The fourth-order valence-corrected chi connectivity index (χ4v) is 3.52. The van der Waals surface area contributed by atoms with Gasteiger partial charge in [0, 0.05) is 13.1 Å². The Labute approximate surface area is 116 Å². The predicted molar refractivity (Wildman–Crippen MR) is 74.7 cm³/mol. The maximum absolute atomic E-state index is 5.83.